The van der Waals surface area contributed by atoms with Crippen LogP contribution in [0.1, 0.15) is 31.9 Å². The first-order valence-electron chi connectivity index (χ1n) is 5.84. The molecule has 1 unspecified atom stereocenters. The fourth-order valence-electron chi connectivity index (χ4n) is 1.40. The van der Waals surface area contributed by atoms with Crippen LogP contribution in [0.15, 0.2) is 24.3 Å². The summed E-state index contributed by atoms with van der Waals surface area (Å²) >= 11 is 0. The first-order chi connectivity index (χ1) is 7.77. The summed E-state index contributed by atoms with van der Waals surface area (Å²) in [5.74, 6) is 0.881. The van der Waals surface area contributed by atoms with Crippen LogP contribution in [0.25, 0.3) is 0 Å². The smallest absolute Gasteiger partial charge is 0.119 e. The van der Waals surface area contributed by atoms with Crippen LogP contribution in [0.5, 0.6) is 5.75 Å². The zero-order chi connectivity index (χ0) is 11.8. The van der Waals surface area contributed by atoms with E-state index >= 15 is 0 Å². The quantitative estimate of drug-likeness (QED) is 0.772. The number of hydrogen-bond donors (Lipinski definition) is 1. The summed E-state index contributed by atoms with van der Waals surface area (Å²) in [6.45, 7) is 6.04. The highest BCUT2D eigenvalue weighted by Crippen LogP contribution is 2.18. The maximum Gasteiger partial charge on any atom is 0.119 e. The zero-order valence-corrected chi connectivity index (χ0v) is 10.1. The highest BCUT2D eigenvalue weighted by Gasteiger charge is 2.06. The highest BCUT2D eigenvalue weighted by atomic mass is 16.5. The van der Waals surface area contributed by atoms with Gasteiger partial charge in [0.15, 0.2) is 0 Å². The SMILES string of the molecule is CCCOc1cccc(C(N)COCC)c1. The molecule has 16 heavy (non-hydrogen) atoms. The van der Waals surface area contributed by atoms with Gasteiger partial charge in [0.1, 0.15) is 5.75 Å². The van der Waals surface area contributed by atoms with Crippen LogP contribution in [0.4, 0.5) is 0 Å². The summed E-state index contributed by atoms with van der Waals surface area (Å²) in [4.78, 5) is 0. The van der Waals surface area contributed by atoms with Crippen molar-refractivity contribution in [3.8, 4) is 5.75 Å². The minimum Gasteiger partial charge on any atom is -0.494 e. The second-order valence-corrected chi connectivity index (χ2v) is 3.69. The molecule has 1 aromatic rings. The van der Waals surface area contributed by atoms with Crippen molar-refractivity contribution in [1.82, 2.24) is 0 Å². The Balaban J connectivity index is 2.58. The second kappa shape index (κ2) is 7.25. The van der Waals surface area contributed by atoms with Gasteiger partial charge in [0, 0.05) is 6.61 Å². The Hall–Kier alpha value is -1.06. The fraction of sp³-hybridized carbons (Fsp3) is 0.538. The number of ether oxygens (including phenoxy) is 2. The summed E-state index contributed by atoms with van der Waals surface area (Å²) in [6.07, 6.45) is 1.01. The van der Waals surface area contributed by atoms with Crippen molar-refractivity contribution in [3.05, 3.63) is 29.8 Å². The molecule has 90 valence electrons. The first-order valence-corrected chi connectivity index (χ1v) is 5.84. The molecule has 0 spiro atoms. The molecule has 0 fully saturated rings. The van der Waals surface area contributed by atoms with Crippen LogP contribution in [0, 0.1) is 0 Å². The van der Waals surface area contributed by atoms with E-state index in [0.717, 1.165) is 24.3 Å². The van der Waals surface area contributed by atoms with Gasteiger partial charge in [-0.3, -0.25) is 0 Å². The van der Waals surface area contributed by atoms with Gasteiger partial charge in [-0.2, -0.15) is 0 Å². The van der Waals surface area contributed by atoms with E-state index in [1.165, 1.54) is 0 Å². The average Bonchev–Trinajstić information content (AvgIpc) is 2.33. The zero-order valence-electron chi connectivity index (χ0n) is 10.1. The lowest BCUT2D eigenvalue weighted by molar-refractivity contribution is 0.133. The van der Waals surface area contributed by atoms with Crippen LogP contribution >= 0.6 is 0 Å². The van der Waals surface area contributed by atoms with E-state index < -0.39 is 0 Å². The lowest BCUT2D eigenvalue weighted by atomic mass is 10.1. The summed E-state index contributed by atoms with van der Waals surface area (Å²) in [6, 6.07) is 7.82. The first kappa shape index (κ1) is 13.0. The normalized spacial score (nSPS) is 12.4. The number of hydrogen-bond acceptors (Lipinski definition) is 3. The van der Waals surface area contributed by atoms with Crippen LogP contribution in [-0.4, -0.2) is 19.8 Å². The van der Waals surface area contributed by atoms with E-state index in [2.05, 4.69) is 6.92 Å². The third kappa shape index (κ3) is 4.21. The van der Waals surface area contributed by atoms with Gasteiger partial charge in [-0.25, -0.2) is 0 Å². The standard InChI is InChI=1S/C13H21NO2/c1-3-8-16-12-7-5-6-11(9-12)13(14)10-15-4-2/h5-7,9,13H,3-4,8,10,14H2,1-2H3. The summed E-state index contributed by atoms with van der Waals surface area (Å²) in [7, 11) is 0. The number of benzene rings is 1. The molecule has 0 aliphatic rings. The topological polar surface area (TPSA) is 44.5 Å². The van der Waals surface area contributed by atoms with Gasteiger partial charge in [-0.05, 0) is 31.0 Å². The molecule has 3 nitrogen and oxygen atoms in total. The van der Waals surface area contributed by atoms with Crippen LogP contribution < -0.4 is 10.5 Å². The van der Waals surface area contributed by atoms with E-state index in [9.17, 15) is 0 Å². The fourth-order valence-corrected chi connectivity index (χ4v) is 1.40. The van der Waals surface area contributed by atoms with Gasteiger partial charge in [0.05, 0.1) is 19.3 Å². The van der Waals surface area contributed by atoms with Crippen LogP contribution in [-0.2, 0) is 4.74 Å². The van der Waals surface area contributed by atoms with E-state index in [4.69, 9.17) is 15.2 Å². The third-order valence-electron chi connectivity index (χ3n) is 2.26. The maximum atomic E-state index is 6.00. The largest absolute Gasteiger partial charge is 0.494 e. The molecule has 0 bridgehead atoms. The summed E-state index contributed by atoms with van der Waals surface area (Å²) < 4.78 is 10.9. The van der Waals surface area contributed by atoms with Crippen molar-refractivity contribution < 1.29 is 9.47 Å². The Morgan fingerprint density at radius 1 is 1.31 bits per heavy atom. The predicted octanol–water partition coefficient (Wildman–Crippen LogP) is 2.51. The summed E-state index contributed by atoms with van der Waals surface area (Å²) in [5.41, 5.74) is 7.06. The van der Waals surface area contributed by atoms with Crippen molar-refractivity contribution in [2.45, 2.75) is 26.3 Å². The highest BCUT2D eigenvalue weighted by molar-refractivity contribution is 5.30. The van der Waals surface area contributed by atoms with Gasteiger partial charge >= 0.3 is 0 Å². The van der Waals surface area contributed by atoms with E-state index in [0.29, 0.717) is 13.2 Å². The minimum absolute atomic E-state index is 0.0786. The molecular weight excluding hydrogens is 202 g/mol. The van der Waals surface area contributed by atoms with Crippen LogP contribution in [0.3, 0.4) is 0 Å². The average molecular weight is 223 g/mol. The molecule has 0 saturated carbocycles. The molecule has 1 rings (SSSR count). The molecule has 0 aromatic heterocycles. The van der Waals surface area contributed by atoms with Crippen molar-refractivity contribution in [2.24, 2.45) is 5.73 Å². The Kier molecular flexibility index (Phi) is 5.90. The van der Waals surface area contributed by atoms with Crippen LogP contribution in [0.2, 0.25) is 0 Å². The van der Waals surface area contributed by atoms with Crippen molar-refractivity contribution >= 4 is 0 Å². The molecular formula is C13H21NO2. The summed E-state index contributed by atoms with van der Waals surface area (Å²) in [5, 5.41) is 0. The Morgan fingerprint density at radius 3 is 2.81 bits per heavy atom. The van der Waals surface area contributed by atoms with E-state index in [-0.39, 0.29) is 6.04 Å². The molecule has 1 aromatic carbocycles. The van der Waals surface area contributed by atoms with Gasteiger partial charge in [-0.15, -0.1) is 0 Å². The molecule has 0 aliphatic carbocycles. The second-order valence-electron chi connectivity index (χ2n) is 3.69. The van der Waals surface area contributed by atoms with Gasteiger partial charge < -0.3 is 15.2 Å². The maximum absolute atomic E-state index is 6.00. The van der Waals surface area contributed by atoms with E-state index in [1.807, 2.05) is 31.2 Å². The lowest BCUT2D eigenvalue weighted by Crippen LogP contribution is -2.17. The van der Waals surface area contributed by atoms with Gasteiger partial charge in [-0.1, -0.05) is 19.1 Å². The molecule has 3 heteroatoms. The Morgan fingerprint density at radius 2 is 2.12 bits per heavy atom. The number of rotatable bonds is 7. The molecule has 0 amide bonds. The molecule has 0 heterocycles. The minimum atomic E-state index is -0.0786. The molecule has 2 N–H and O–H groups in total. The van der Waals surface area contributed by atoms with Gasteiger partial charge in [0.2, 0.25) is 0 Å². The van der Waals surface area contributed by atoms with Crippen molar-refractivity contribution in [2.75, 3.05) is 19.8 Å². The van der Waals surface area contributed by atoms with Crippen molar-refractivity contribution in [1.29, 1.82) is 0 Å². The van der Waals surface area contributed by atoms with Crippen molar-refractivity contribution in [3.63, 3.8) is 0 Å². The third-order valence-corrected chi connectivity index (χ3v) is 2.26. The Labute approximate surface area is 97.6 Å². The molecule has 0 saturated heterocycles. The Bertz CT molecular complexity index is 302. The molecule has 0 aliphatic heterocycles. The van der Waals surface area contributed by atoms with E-state index in [1.54, 1.807) is 0 Å². The molecule has 0 radical (unpaired) electrons. The lowest BCUT2D eigenvalue weighted by Gasteiger charge is -2.13. The monoisotopic (exact) mass is 223 g/mol. The molecule has 1 atom stereocenters. The van der Waals surface area contributed by atoms with Gasteiger partial charge in [0.25, 0.3) is 0 Å². The predicted molar refractivity (Wildman–Crippen MR) is 65.6 cm³/mol. The number of nitrogens with two attached hydrogens (primary N) is 1.